The van der Waals surface area contributed by atoms with Gasteiger partial charge in [0.15, 0.2) is 0 Å². The van der Waals surface area contributed by atoms with Gasteiger partial charge in [-0.05, 0) is 48.9 Å². The molecule has 2 N–H and O–H groups in total. The van der Waals surface area contributed by atoms with Gasteiger partial charge in [0.25, 0.3) is 5.56 Å². The number of aromatic nitrogens is 3. The Kier molecular flexibility index (Phi) is 3.16. The second-order valence-corrected chi connectivity index (χ2v) is 5.63. The fourth-order valence-electron chi connectivity index (χ4n) is 2.63. The Labute approximate surface area is 136 Å². The molecule has 0 aliphatic heterocycles. The molecule has 0 radical (unpaired) electrons. The number of aromatic hydroxyl groups is 1. The number of phenols is 1. The molecule has 0 aliphatic carbocycles. The van der Waals surface area contributed by atoms with Crippen LogP contribution in [0.4, 0.5) is 0 Å². The van der Waals surface area contributed by atoms with E-state index in [-0.39, 0.29) is 11.3 Å². The summed E-state index contributed by atoms with van der Waals surface area (Å²) in [7, 11) is 0. The molecule has 4 aromatic rings. The van der Waals surface area contributed by atoms with Crippen LogP contribution < -0.4 is 5.56 Å². The van der Waals surface area contributed by atoms with Gasteiger partial charge in [-0.15, -0.1) is 0 Å². The molecule has 0 amide bonds. The Hall–Kier alpha value is -3.41. The number of hydrogen-bond acceptors (Lipinski definition) is 4. The molecule has 0 saturated carbocycles. The number of benzene rings is 2. The van der Waals surface area contributed by atoms with Gasteiger partial charge < -0.3 is 10.1 Å². The van der Waals surface area contributed by atoms with Gasteiger partial charge in [-0.3, -0.25) is 4.79 Å². The van der Waals surface area contributed by atoms with Crippen LogP contribution in [0.5, 0.6) is 5.75 Å². The van der Waals surface area contributed by atoms with Crippen LogP contribution in [-0.2, 0) is 0 Å². The molecule has 0 spiro atoms. The normalized spacial score (nSPS) is 11.7. The predicted molar refractivity (Wildman–Crippen MR) is 93.7 cm³/mol. The number of nitrogens with zero attached hydrogens (tertiary/aromatic N) is 3. The summed E-state index contributed by atoms with van der Waals surface area (Å²) in [4.78, 5) is 20.1. The summed E-state index contributed by atoms with van der Waals surface area (Å²) in [5.74, 6) is 0.181. The van der Waals surface area contributed by atoms with Crippen LogP contribution in [0.25, 0.3) is 21.9 Å². The van der Waals surface area contributed by atoms with Gasteiger partial charge in [0, 0.05) is 10.9 Å². The molecular formula is C18H14N4O2. The second-order valence-electron chi connectivity index (χ2n) is 5.63. The van der Waals surface area contributed by atoms with Crippen molar-refractivity contribution >= 4 is 28.2 Å². The van der Waals surface area contributed by atoms with Crippen molar-refractivity contribution in [3.63, 3.8) is 0 Å². The van der Waals surface area contributed by atoms with Crippen molar-refractivity contribution in [2.75, 3.05) is 0 Å². The van der Waals surface area contributed by atoms with Crippen LogP contribution in [0.1, 0.15) is 11.1 Å². The van der Waals surface area contributed by atoms with E-state index in [9.17, 15) is 9.90 Å². The van der Waals surface area contributed by atoms with Gasteiger partial charge in [0.1, 0.15) is 23.1 Å². The predicted octanol–water partition coefficient (Wildman–Crippen LogP) is 2.77. The Morgan fingerprint density at radius 2 is 2.00 bits per heavy atom. The third-order valence-electron chi connectivity index (χ3n) is 3.87. The maximum absolute atomic E-state index is 12.6. The summed E-state index contributed by atoms with van der Waals surface area (Å²) < 4.78 is 1.19. The molecule has 0 aliphatic rings. The third kappa shape index (κ3) is 2.34. The molecule has 2 aromatic carbocycles. The summed E-state index contributed by atoms with van der Waals surface area (Å²) in [6.45, 7) is 2.00. The third-order valence-corrected chi connectivity index (χ3v) is 3.87. The number of H-pyrrole nitrogens is 1. The van der Waals surface area contributed by atoms with E-state index in [1.165, 1.54) is 11.0 Å². The molecule has 0 fully saturated rings. The molecule has 6 heteroatoms. The first kappa shape index (κ1) is 14.2. The molecular weight excluding hydrogens is 304 g/mol. The molecule has 24 heavy (non-hydrogen) atoms. The summed E-state index contributed by atoms with van der Waals surface area (Å²) in [5, 5.41) is 14.4. The zero-order valence-corrected chi connectivity index (χ0v) is 12.9. The minimum atomic E-state index is -0.260. The van der Waals surface area contributed by atoms with Crippen molar-refractivity contribution < 1.29 is 5.11 Å². The maximum Gasteiger partial charge on any atom is 0.298 e. The number of nitrogens with one attached hydrogen (secondary N) is 1. The lowest BCUT2D eigenvalue weighted by molar-refractivity contribution is 0.475. The highest BCUT2D eigenvalue weighted by atomic mass is 16.3. The number of aryl methyl sites for hydroxylation is 1. The van der Waals surface area contributed by atoms with E-state index in [2.05, 4.69) is 15.1 Å². The van der Waals surface area contributed by atoms with E-state index in [0.717, 1.165) is 22.0 Å². The highest BCUT2D eigenvalue weighted by molar-refractivity contribution is 6.04. The van der Waals surface area contributed by atoms with Crippen LogP contribution in [0.3, 0.4) is 0 Å². The van der Waals surface area contributed by atoms with Crippen LogP contribution in [0.2, 0.25) is 0 Å². The summed E-state index contributed by atoms with van der Waals surface area (Å²) in [6.07, 6.45) is 2.96. The molecule has 4 rings (SSSR count). The van der Waals surface area contributed by atoms with E-state index in [1.54, 1.807) is 30.5 Å². The molecule has 118 valence electrons. The van der Waals surface area contributed by atoms with E-state index in [4.69, 9.17) is 0 Å². The van der Waals surface area contributed by atoms with E-state index in [0.29, 0.717) is 11.0 Å². The molecule has 2 heterocycles. The fourth-order valence-corrected chi connectivity index (χ4v) is 2.63. The van der Waals surface area contributed by atoms with Crippen LogP contribution in [-0.4, -0.2) is 26.0 Å². The second kappa shape index (κ2) is 5.34. The van der Waals surface area contributed by atoms with Gasteiger partial charge in [0.2, 0.25) is 0 Å². The van der Waals surface area contributed by atoms with Gasteiger partial charge in [-0.25, -0.2) is 4.98 Å². The molecule has 0 saturated heterocycles. The quantitative estimate of drug-likeness (QED) is 0.557. The summed E-state index contributed by atoms with van der Waals surface area (Å²) in [6, 6.07) is 12.5. The van der Waals surface area contributed by atoms with Crippen molar-refractivity contribution in [1.82, 2.24) is 14.6 Å². The lowest BCUT2D eigenvalue weighted by Gasteiger charge is -1.98. The van der Waals surface area contributed by atoms with Crippen LogP contribution >= 0.6 is 0 Å². The Morgan fingerprint density at radius 1 is 1.21 bits per heavy atom. The van der Waals surface area contributed by atoms with E-state index in [1.807, 2.05) is 25.1 Å². The minimum absolute atomic E-state index is 0.181. The first-order valence-electron chi connectivity index (χ1n) is 7.45. The van der Waals surface area contributed by atoms with Crippen molar-refractivity contribution in [3.05, 3.63) is 70.3 Å². The van der Waals surface area contributed by atoms with Crippen LogP contribution in [0.15, 0.2) is 58.7 Å². The highest BCUT2D eigenvalue weighted by Gasteiger charge is 2.10. The minimum Gasteiger partial charge on any atom is -0.508 e. The largest absolute Gasteiger partial charge is 0.508 e. The first-order chi connectivity index (χ1) is 11.6. The monoisotopic (exact) mass is 318 g/mol. The molecule has 0 unspecified atom stereocenters. The van der Waals surface area contributed by atoms with Crippen molar-refractivity contribution in [3.8, 4) is 5.75 Å². The SMILES string of the molecule is Cc1ccc2[nH]c3c(=O)n(N=Cc4ccc(O)cc4)cnc3c2c1. The highest BCUT2D eigenvalue weighted by Crippen LogP contribution is 2.22. The summed E-state index contributed by atoms with van der Waals surface area (Å²) >= 11 is 0. The molecule has 6 nitrogen and oxygen atoms in total. The number of rotatable bonds is 2. The molecule has 2 aromatic heterocycles. The Balaban J connectivity index is 1.82. The number of phenolic OH excluding ortho intramolecular Hbond substituents is 1. The van der Waals surface area contributed by atoms with E-state index < -0.39 is 0 Å². The first-order valence-corrected chi connectivity index (χ1v) is 7.45. The van der Waals surface area contributed by atoms with Crippen molar-refractivity contribution in [2.24, 2.45) is 5.10 Å². The van der Waals surface area contributed by atoms with Gasteiger partial charge in [-0.2, -0.15) is 9.78 Å². The number of hydrogen-bond donors (Lipinski definition) is 2. The topological polar surface area (TPSA) is 83.3 Å². The van der Waals surface area contributed by atoms with Gasteiger partial charge >= 0.3 is 0 Å². The lowest BCUT2D eigenvalue weighted by Crippen LogP contribution is -2.17. The standard InChI is InChI=1S/C18H14N4O2/c1-11-2-7-15-14(8-11)16-17(21-15)18(24)22(10-19-16)20-9-12-3-5-13(23)6-4-12/h2-10,21,23H,1H3. The molecule has 0 atom stereocenters. The average molecular weight is 318 g/mol. The number of fused-ring (bicyclic) bond motifs is 3. The maximum atomic E-state index is 12.6. The van der Waals surface area contributed by atoms with Gasteiger partial charge in [0.05, 0.1) is 6.21 Å². The fraction of sp³-hybridized carbons (Fsp3) is 0.0556. The lowest BCUT2D eigenvalue weighted by atomic mass is 10.2. The molecule has 0 bridgehead atoms. The zero-order valence-electron chi connectivity index (χ0n) is 12.9. The zero-order chi connectivity index (χ0) is 16.7. The number of aromatic amines is 1. The van der Waals surface area contributed by atoms with Crippen molar-refractivity contribution in [1.29, 1.82) is 0 Å². The summed E-state index contributed by atoms with van der Waals surface area (Å²) in [5.41, 5.74) is 3.58. The van der Waals surface area contributed by atoms with Crippen LogP contribution in [0, 0.1) is 6.92 Å². The Morgan fingerprint density at radius 3 is 2.79 bits per heavy atom. The van der Waals surface area contributed by atoms with Crippen molar-refractivity contribution in [2.45, 2.75) is 6.92 Å². The Bertz CT molecular complexity index is 1140. The smallest absolute Gasteiger partial charge is 0.298 e. The average Bonchev–Trinajstić information content (AvgIpc) is 2.95. The van der Waals surface area contributed by atoms with Gasteiger partial charge in [-0.1, -0.05) is 11.6 Å². The van der Waals surface area contributed by atoms with E-state index >= 15 is 0 Å².